The minimum atomic E-state index is -0.316. The zero-order valence-corrected chi connectivity index (χ0v) is 20.8. The number of hydrogen-bond donors (Lipinski definition) is 3. The zero-order chi connectivity index (χ0) is 24.0. The molecule has 8 heteroatoms. The summed E-state index contributed by atoms with van der Waals surface area (Å²) in [7, 11) is 0. The lowest BCUT2D eigenvalue weighted by atomic mass is 10.1. The molecule has 0 spiro atoms. The Bertz CT molecular complexity index is 1180. The molecule has 0 aliphatic rings. The quantitative estimate of drug-likeness (QED) is 0.190. The van der Waals surface area contributed by atoms with Gasteiger partial charge in [0.2, 0.25) is 5.91 Å². The molecule has 5 nitrogen and oxygen atoms in total. The third-order valence-corrected chi connectivity index (χ3v) is 6.31. The first-order valence-electron chi connectivity index (χ1n) is 10.2. The molecule has 0 fully saturated rings. The van der Waals surface area contributed by atoms with Gasteiger partial charge in [0.25, 0.3) is 0 Å². The summed E-state index contributed by atoms with van der Waals surface area (Å²) < 4.78 is 0. The maximum absolute atomic E-state index is 12.7. The smallest absolute Gasteiger partial charge is 0.237 e. The molecular weight excluding hydrogens is 474 g/mol. The third kappa shape index (κ3) is 7.32. The van der Waals surface area contributed by atoms with Crippen LogP contribution in [0.5, 0.6) is 0 Å². The van der Waals surface area contributed by atoms with Crippen LogP contribution in [0.1, 0.15) is 29.8 Å². The van der Waals surface area contributed by atoms with E-state index in [0.717, 1.165) is 21.8 Å². The molecule has 0 aliphatic heterocycles. The normalized spacial score (nSPS) is 11.4. The monoisotopic (exact) mass is 497 g/mol. The average Bonchev–Trinajstić information content (AvgIpc) is 2.76. The fourth-order valence-corrected chi connectivity index (χ4v) is 4.28. The Balaban J connectivity index is 1.58. The van der Waals surface area contributed by atoms with Gasteiger partial charge in [0.05, 0.1) is 5.25 Å². The first kappa shape index (κ1) is 24.8. The Kier molecular flexibility index (Phi) is 8.49. The summed E-state index contributed by atoms with van der Waals surface area (Å²) in [4.78, 5) is 25.0. The minimum Gasteiger partial charge on any atom is -0.332 e. The number of nitrogens with one attached hydrogen (secondary N) is 3. The average molecular weight is 498 g/mol. The summed E-state index contributed by atoms with van der Waals surface area (Å²) in [5.41, 5.74) is 3.89. The van der Waals surface area contributed by atoms with Crippen LogP contribution in [-0.2, 0) is 4.79 Å². The van der Waals surface area contributed by atoms with Gasteiger partial charge >= 0.3 is 0 Å². The van der Waals surface area contributed by atoms with Crippen molar-refractivity contribution in [3.8, 4) is 0 Å². The van der Waals surface area contributed by atoms with Crippen molar-refractivity contribution in [2.75, 3.05) is 16.0 Å². The standard InChI is InChI=1S/C25H24ClN3O2S2/c1-15-7-10-19(26)13-23(15)29-24(31)17(3)33-22-6-4-5-21(14-22)28-25(32)27-20-11-8-18(9-12-20)16(2)30/h4-14,17H,1-3H3,(H,29,31)(H2,27,28,32). The molecule has 0 aromatic heterocycles. The van der Waals surface area contributed by atoms with Crippen molar-refractivity contribution < 1.29 is 9.59 Å². The molecule has 1 amide bonds. The molecule has 3 N–H and O–H groups in total. The Morgan fingerprint density at radius 1 is 0.939 bits per heavy atom. The highest BCUT2D eigenvalue weighted by Gasteiger charge is 2.16. The maximum atomic E-state index is 12.7. The van der Waals surface area contributed by atoms with E-state index in [9.17, 15) is 9.59 Å². The van der Waals surface area contributed by atoms with Gasteiger partial charge in [-0.25, -0.2) is 0 Å². The van der Waals surface area contributed by atoms with Crippen LogP contribution in [0.2, 0.25) is 5.02 Å². The summed E-state index contributed by atoms with van der Waals surface area (Å²) in [6.07, 6.45) is 0. The van der Waals surface area contributed by atoms with Crippen LogP contribution in [-0.4, -0.2) is 22.1 Å². The highest BCUT2D eigenvalue weighted by molar-refractivity contribution is 8.00. The van der Waals surface area contributed by atoms with E-state index in [4.69, 9.17) is 23.8 Å². The minimum absolute atomic E-state index is 0.0159. The number of anilines is 3. The molecule has 0 saturated carbocycles. The summed E-state index contributed by atoms with van der Waals surface area (Å²) >= 11 is 12.9. The SMILES string of the molecule is CC(=O)c1ccc(NC(=S)Nc2cccc(SC(C)C(=O)Nc3cc(Cl)ccc3C)c2)cc1. The molecule has 0 saturated heterocycles. The molecule has 33 heavy (non-hydrogen) atoms. The second-order valence-corrected chi connectivity index (χ2v) is 9.71. The first-order valence-corrected chi connectivity index (χ1v) is 11.9. The van der Waals surface area contributed by atoms with E-state index in [0.29, 0.717) is 21.4 Å². The van der Waals surface area contributed by atoms with Crippen LogP contribution in [0.4, 0.5) is 17.1 Å². The van der Waals surface area contributed by atoms with Crippen LogP contribution >= 0.6 is 35.6 Å². The van der Waals surface area contributed by atoms with E-state index in [1.165, 1.54) is 18.7 Å². The number of halogens is 1. The van der Waals surface area contributed by atoms with Crippen molar-refractivity contribution in [1.29, 1.82) is 0 Å². The van der Waals surface area contributed by atoms with Crippen molar-refractivity contribution in [2.24, 2.45) is 0 Å². The van der Waals surface area contributed by atoms with Crippen LogP contribution in [0.25, 0.3) is 0 Å². The number of rotatable bonds is 7. The summed E-state index contributed by atoms with van der Waals surface area (Å²) in [6, 6.07) is 20.2. The molecule has 0 heterocycles. The zero-order valence-electron chi connectivity index (χ0n) is 18.4. The Labute approximate surface area is 208 Å². The highest BCUT2D eigenvalue weighted by Crippen LogP contribution is 2.28. The maximum Gasteiger partial charge on any atom is 0.237 e. The lowest BCUT2D eigenvalue weighted by molar-refractivity contribution is -0.115. The third-order valence-electron chi connectivity index (χ3n) is 4.78. The van der Waals surface area contributed by atoms with E-state index in [1.807, 2.05) is 44.2 Å². The van der Waals surface area contributed by atoms with E-state index in [2.05, 4.69) is 16.0 Å². The number of amides is 1. The van der Waals surface area contributed by atoms with E-state index in [-0.39, 0.29) is 16.9 Å². The van der Waals surface area contributed by atoms with Gasteiger partial charge in [0.15, 0.2) is 10.9 Å². The molecule has 0 bridgehead atoms. The van der Waals surface area contributed by atoms with Gasteiger partial charge in [-0.05, 0) is 93.1 Å². The van der Waals surface area contributed by atoms with Gasteiger partial charge in [-0.2, -0.15) is 0 Å². The number of ketones is 1. The van der Waals surface area contributed by atoms with Gasteiger partial charge in [0, 0.05) is 32.5 Å². The summed E-state index contributed by atoms with van der Waals surface area (Å²) in [5.74, 6) is -0.0860. The topological polar surface area (TPSA) is 70.2 Å². The largest absolute Gasteiger partial charge is 0.332 e. The van der Waals surface area contributed by atoms with Gasteiger partial charge in [0.1, 0.15) is 0 Å². The first-order chi connectivity index (χ1) is 15.7. The predicted octanol–water partition coefficient (Wildman–Crippen LogP) is 6.78. The molecule has 3 rings (SSSR count). The Hall–Kier alpha value is -2.87. The van der Waals surface area contributed by atoms with Crippen molar-refractivity contribution in [1.82, 2.24) is 0 Å². The number of carbonyl (C=O) groups is 2. The van der Waals surface area contributed by atoms with Crippen molar-refractivity contribution >= 4 is 69.4 Å². The fourth-order valence-electron chi connectivity index (χ4n) is 2.95. The van der Waals surface area contributed by atoms with Gasteiger partial charge in [-0.1, -0.05) is 23.7 Å². The van der Waals surface area contributed by atoms with Gasteiger partial charge < -0.3 is 16.0 Å². The van der Waals surface area contributed by atoms with E-state index < -0.39 is 0 Å². The van der Waals surface area contributed by atoms with Crippen LogP contribution in [0.3, 0.4) is 0 Å². The van der Waals surface area contributed by atoms with Gasteiger partial charge in [-0.3, -0.25) is 9.59 Å². The molecule has 1 atom stereocenters. The number of Topliss-reactive ketones (excluding diaryl/α,β-unsaturated/α-hetero) is 1. The predicted molar refractivity (Wildman–Crippen MR) is 143 cm³/mol. The van der Waals surface area contributed by atoms with E-state index >= 15 is 0 Å². The molecule has 3 aromatic rings. The Morgan fingerprint density at radius 3 is 2.33 bits per heavy atom. The van der Waals surface area contributed by atoms with Crippen molar-refractivity contribution in [3.05, 3.63) is 82.9 Å². The molecule has 0 aliphatic carbocycles. The van der Waals surface area contributed by atoms with E-state index in [1.54, 1.807) is 36.4 Å². The number of carbonyl (C=O) groups excluding carboxylic acids is 2. The van der Waals surface area contributed by atoms with Crippen molar-refractivity contribution in [2.45, 2.75) is 30.9 Å². The number of hydrogen-bond acceptors (Lipinski definition) is 4. The number of thiocarbonyl (C=S) groups is 1. The van der Waals surface area contributed by atoms with Crippen molar-refractivity contribution in [3.63, 3.8) is 0 Å². The second-order valence-electron chi connectivity index (χ2n) is 7.45. The van der Waals surface area contributed by atoms with Crippen LogP contribution < -0.4 is 16.0 Å². The molecule has 1 unspecified atom stereocenters. The second kappa shape index (κ2) is 11.3. The number of aryl methyl sites for hydroxylation is 1. The summed E-state index contributed by atoms with van der Waals surface area (Å²) in [6.45, 7) is 5.31. The number of benzene rings is 3. The Morgan fingerprint density at radius 2 is 1.64 bits per heavy atom. The number of thioether (sulfide) groups is 1. The van der Waals surface area contributed by atoms with Crippen LogP contribution in [0.15, 0.2) is 71.6 Å². The van der Waals surface area contributed by atoms with Gasteiger partial charge in [-0.15, -0.1) is 11.8 Å². The van der Waals surface area contributed by atoms with Crippen LogP contribution in [0, 0.1) is 6.92 Å². The molecule has 3 aromatic carbocycles. The fraction of sp³-hybridized carbons (Fsp3) is 0.160. The molecular formula is C25H24ClN3O2S2. The highest BCUT2D eigenvalue weighted by atomic mass is 35.5. The lowest BCUT2D eigenvalue weighted by Gasteiger charge is -2.15. The summed E-state index contributed by atoms with van der Waals surface area (Å²) in [5, 5.41) is 9.88. The lowest BCUT2D eigenvalue weighted by Crippen LogP contribution is -2.23. The molecule has 170 valence electrons. The molecule has 0 radical (unpaired) electrons.